The van der Waals surface area contributed by atoms with Gasteiger partial charge in [0.2, 0.25) is 5.91 Å². The number of fused-ring (bicyclic) bond motifs is 1. The molecule has 5 rings (SSSR count). The highest BCUT2D eigenvalue weighted by atomic mass is 35.5. The molecule has 10 heteroatoms. The molecule has 0 saturated carbocycles. The third kappa shape index (κ3) is 4.31. The molecule has 0 aliphatic heterocycles. The molecule has 0 bridgehead atoms. The molecule has 8 nitrogen and oxygen atoms in total. The van der Waals surface area contributed by atoms with Crippen LogP contribution in [-0.4, -0.2) is 35.3 Å². The van der Waals surface area contributed by atoms with E-state index in [1.54, 1.807) is 15.3 Å². The summed E-state index contributed by atoms with van der Waals surface area (Å²) in [6, 6.07) is 15.3. The smallest absolute Gasteiger partial charge is 0.230 e. The van der Waals surface area contributed by atoms with Gasteiger partial charge in [0, 0.05) is 22.5 Å². The lowest BCUT2D eigenvalue weighted by atomic mass is 10.1. The average molecular weight is 462 g/mol. The fraction of sp³-hybridized carbons (Fsp3) is 0.0870. The monoisotopic (exact) mass is 461 g/mol. The molecule has 0 fully saturated rings. The van der Waals surface area contributed by atoms with Crippen LogP contribution in [-0.2, 0) is 11.2 Å². The Balaban J connectivity index is 1.50. The van der Waals surface area contributed by atoms with E-state index in [1.165, 1.54) is 18.5 Å². The summed E-state index contributed by atoms with van der Waals surface area (Å²) in [5.41, 5.74) is 3.64. The van der Waals surface area contributed by atoms with E-state index in [0.717, 1.165) is 23.0 Å². The summed E-state index contributed by atoms with van der Waals surface area (Å²) in [5, 5.41) is 11.6. The summed E-state index contributed by atoms with van der Waals surface area (Å²) in [6.45, 7) is 1.89. The van der Waals surface area contributed by atoms with E-state index in [0.29, 0.717) is 17.2 Å². The molecule has 5 aromatic rings. The third-order valence-electron chi connectivity index (χ3n) is 4.97. The number of anilines is 1. The molecular weight excluding hydrogens is 445 g/mol. The zero-order chi connectivity index (χ0) is 22.9. The van der Waals surface area contributed by atoms with Crippen LogP contribution in [0, 0.1) is 12.7 Å². The van der Waals surface area contributed by atoms with Gasteiger partial charge in [0.25, 0.3) is 0 Å². The van der Waals surface area contributed by atoms with Gasteiger partial charge in [-0.05, 0) is 55.5 Å². The Hall–Kier alpha value is -4.11. The number of carbonyl (C=O) groups excluding carboxylic acids is 1. The second kappa shape index (κ2) is 8.44. The minimum Gasteiger partial charge on any atom is -0.323 e. The van der Waals surface area contributed by atoms with Crippen molar-refractivity contribution < 1.29 is 9.18 Å². The van der Waals surface area contributed by atoms with Crippen LogP contribution < -0.4 is 5.32 Å². The van der Waals surface area contributed by atoms with Gasteiger partial charge in [-0.1, -0.05) is 17.7 Å². The van der Waals surface area contributed by atoms with Crippen molar-refractivity contribution in [2.24, 2.45) is 0 Å². The van der Waals surface area contributed by atoms with Crippen LogP contribution in [0.25, 0.3) is 22.7 Å². The molecule has 0 atom stereocenters. The number of aryl methyl sites for hydroxylation is 1. The molecule has 33 heavy (non-hydrogen) atoms. The Labute approximate surface area is 192 Å². The molecule has 0 radical (unpaired) electrons. The number of pyridine rings is 2. The van der Waals surface area contributed by atoms with E-state index in [9.17, 15) is 9.18 Å². The van der Waals surface area contributed by atoms with Gasteiger partial charge in [0.05, 0.1) is 23.5 Å². The third-order valence-corrected chi connectivity index (χ3v) is 5.20. The predicted molar refractivity (Wildman–Crippen MR) is 122 cm³/mol. The molecule has 1 aromatic carbocycles. The van der Waals surface area contributed by atoms with Crippen molar-refractivity contribution in [1.82, 2.24) is 29.4 Å². The summed E-state index contributed by atoms with van der Waals surface area (Å²) in [7, 11) is 0. The Morgan fingerprint density at radius 2 is 2.03 bits per heavy atom. The van der Waals surface area contributed by atoms with Crippen molar-refractivity contribution in [3.63, 3.8) is 0 Å². The Morgan fingerprint density at radius 3 is 2.85 bits per heavy atom. The van der Waals surface area contributed by atoms with Crippen LogP contribution in [0.3, 0.4) is 0 Å². The molecule has 0 spiro atoms. The number of hydrogen-bond donors (Lipinski definition) is 1. The van der Waals surface area contributed by atoms with Gasteiger partial charge in [-0.25, -0.2) is 23.6 Å². The van der Waals surface area contributed by atoms with Crippen LogP contribution >= 0.6 is 11.6 Å². The predicted octanol–water partition coefficient (Wildman–Crippen LogP) is 4.26. The number of aromatic nitrogens is 6. The van der Waals surface area contributed by atoms with Crippen molar-refractivity contribution in [1.29, 1.82) is 0 Å². The minimum atomic E-state index is -0.604. The fourth-order valence-corrected chi connectivity index (χ4v) is 3.62. The second-order valence-corrected chi connectivity index (χ2v) is 7.84. The Morgan fingerprint density at radius 1 is 1.15 bits per heavy atom. The molecule has 0 aliphatic rings. The van der Waals surface area contributed by atoms with Crippen molar-refractivity contribution >= 4 is 28.8 Å². The highest BCUT2D eigenvalue weighted by molar-refractivity contribution is 6.30. The molecule has 0 saturated heterocycles. The summed E-state index contributed by atoms with van der Waals surface area (Å²) in [6.07, 6.45) is 3.25. The van der Waals surface area contributed by atoms with E-state index in [-0.39, 0.29) is 17.1 Å². The number of nitrogens with zero attached hydrogens (tertiary/aromatic N) is 6. The highest BCUT2D eigenvalue weighted by Crippen LogP contribution is 2.25. The number of rotatable bonds is 5. The molecule has 4 aromatic heterocycles. The van der Waals surface area contributed by atoms with Crippen molar-refractivity contribution in [3.05, 3.63) is 89.3 Å². The van der Waals surface area contributed by atoms with Crippen LogP contribution in [0.5, 0.6) is 0 Å². The number of amides is 1. The van der Waals surface area contributed by atoms with Gasteiger partial charge in [-0.15, -0.1) is 0 Å². The van der Waals surface area contributed by atoms with E-state index in [1.807, 2.05) is 43.5 Å². The van der Waals surface area contributed by atoms with Crippen LogP contribution in [0.2, 0.25) is 5.02 Å². The van der Waals surface area contributed by atoms with Crippen LogP contribution in [0.15, 0.2) is 67.1 Å². The minimum absolute atomic E-state index is 0.0561. The molecule has 164 valence electrons. The molecule has 4 heterocycles. The first-order chi connectivity index (χ1) is 16.0. The first-order valence-corrected chi connectivity index (χ1v) is 10.4. The lowest BCUT2D eigenvalue weighted by Crippen LogP contribution is -2.16. The van der Waals surface area contributed by atoms with Crippen molar-refractivity contribution in [2.75, 3.05) is 5.32 Å². The summed E-state index contributed by atoms with van der Waals surface area (Å²) in [4.78, 5) is 21.3. The molecular formula is C23H17ClFN7O. The number of benzene rings is 1. The van der Waals surface area contributed by atoms with E-state index < -0.39 is 11.7 Å². The van der Waals surface area contributed by atoms with Gasteiger partial charge < -0.3 is 5.32 Å². The van der Waals surface area contributed by atoms with Crippen LogP contribution in [0.4, 0.5) is 10.1 Å². The molecule has 1 amide bonds. The standard InChI is InChI=1S/C23H17ClFN7O/c1-14-3-2-4-22(28-14)32-20(15-5-8-21-26-13-27-31(21)12-15)10-17(30-32)11-23(33)29-19-7-6-16(24)9-18(19)25/h2-10,12-13H,11H2,1H3,(H,29,33). The lowest BCUT2D eigenvalue weighted by molar-refractivity contribution is -0.115. The normalized spacial score (nSPS) is 11.1. The summed E-state index contributed by atoms with van der Waals surface area (Å²) in [5.74, 6) is -0.400. The molecule has 1 N–H and O–H groups in total. The number of carbonyl (C=O) groups is 1. The second-order valence-electron chi connectivity index (χ2n) is 7.40. The van der Waals surface area contributed by atoms with E-state index in [2.05, 4.69) is 25.5 Å². The largest absolute Gasteiger partial charge is 0.323 e. The van der Waals surface area contributed by atoms with E-state index in [4.69, 9.17) is 11.6 Å². The zero-order valence-corrected chi connectivity index (χ0v) is 18.2. The van der Waals surface area contributed by atoms with Gasteiger partial charge in [-0.3, -0.25) is 4.79 Å². The van der Waals surface area contributed by atoms with Gasteiger partial charge >= 0.3 is 0 Å². The Bertz CT molecular complexity index is 1490. The zero-order valence-electron chi connectivity index (χ0n) is 17.4. The number of hydrogen-bond acceptors (Lipinski definition) is 5. The number of nitrogens with one attached hydrogen (secondary N) is 1. The van der Waals surface area contributed by atoms with Crippen LogP contribution in [0.1, 0.15) is 11.4 Å². The van der Waals surface area contributed by atoms with Crippen molar-refractivity contribution in [3.8, 4) is 17.1 Å². The van der Waals surface area contributed by atoms with Gasteiger partial charge in [-0.2, -0.15) is 10.2 Å². The average Bonchev–Trinajstić information content (AvgIpc) is 3.42. The topological polar surface area (TPSA) is 90.0 Å². The lowest BCUT2D eigenvalue weighted by Gasteiger charge is -2.07. The van der Waals surface area contributed by atoms with Gasteiger partial charge in [0.15, 0.2) is 11.5 Å². The summed E-state index contributed by atoms with van der Waals surface area (Å²) < 4.78 is 17.4. The molecule has 0 aliphatic carbocycles. The maximum Gasteiger partial charge on any atom is 0.230 e. The quantitative estimate of drug-likeness (QED) is 0.422. The first-order valence-electron chi connectivity index (χ1n) is 10.0. The maximum atomic E-state index is 14.1. The highest BCUT2D eigenvalue weighted by Gasteiger charge is 2.17. The maximum absolute atomic E-state index is 14.1. The number of halogens is 2. The SMILES string of the molecule is Cc1cccc(-n2nc(CC(=O)Nc3ccc(Cl)cc3F)cc2-c2ccc3ncnn3c2)n1. The van der Waals surface area contributed by atoms with Crippen molar-refractivity contribution in [2.45, 2.75) is 13.3 Å². The summed E-state index contributed by atoms with van der Waals surface area (Å²) >= 11 is 5.78. The molecule has 0 unspecified atom stereocenters. The van der Waals surface area contributed by atoms with E-state index >= 15 is 0 Å². The fourth-order valence-electron chi connectivity index (χ4n) is 3.46. The Kier molecular flexibility index (Phi) is 5.31. The first kappa shape index (κ1) is 20.8. The van der Waals surface area contributed by atoms with Gasteiger partial charge in [0.1, 0.15) is 12.1 Å².